The molecule has 0 saturated carbocycles. The van der Waals surface area contributed by atoms with Crippen LogP contribution in [0.2, 0.25) is 0 Å². The molecule has 116 valence electrons. The molecule has 21 heavy (non-hydrogen) atoms. The molecular formula is C14H18O3S4. The van der Waals surface area contributed by atoms with Crippen LogP contribution < -0.4 is 4.74 Å². The van der Waals surface area contributed by atoms with E-state index >= 15 is 0 Å². The highest BCUT2D eigenvalue weighted by Crippen LogP contribution is 2.57. The van der Waals surface area contributed by atoms with Gasteiger partial charge < -0.3 is 9.84 Å². The van der Waals surface area contributed by atoms with E-state index < -0.39 is 5.97 Å². The van der Waals surface area contributed by atoms with Crippen molar-refractivity contribution in [2.24, 2.45) is 0 Å². The second kappa shape index (κ2) is 6.98. The van der Waals surface area contributed by atoms with E-state index in [1.807, 2.05) is 12.5 Å². The Hall–Kier alpha value is -0.110. The molecule has 0 fully saturated rings. The van der Waals surface area contributed by atoms with Gasteiger partial charge in [-0.25, -0.2) is 4.79 Å². The number of thioether (sulfide) groups is 4. The van der Waals surface area contributed by atoms with Gasteiger partial charge in [-0.1, -0.05) is 0 Å². The maximum atomic E-state index is 11.6. The fraction of sp³-hybridized carbons (Fsp3) is 0.500. The van der Waals surface area contributed by atoms with Crippen LogP contribution in [0.5, 0.6) is 5.75 Å². The second-order valence-electron chi connectivity index (χ2n) is 4.43. The number of rotatable bonds is 5. The zero-order valence-corrected chi connectivity index (χ0v) is 15.7. The van der Waals surface area contributed by atoms with Crippen LogP contribution in [0.25, 0.3) is 0 Å². The SMILES string of the molecule is CSc1cc(C(=O)O)c(SC)c2c1OCCC2(SC)SC. The molecule has 1 N–H and O–H groups in total. The molecule has 2 rings (SSSR count). The third-order valence-corrected chi connectivity index (χ3v) is 8.28. The summed E-state index contributed by atoms with van der Waals surface area (Å²) in [6.45, 7) is 0.669. The van der Waals surface area contributed by atoms with E-state index in [0.717, 1.165) is 27.5 Å². The Bertz CT molecular complexity index is 556. The predicted octanol–water partition coefficient (Wildman–Crippen LogP) is 4.49. The van der Waals surface area contributed by atoms with Crippen molar-refractivity contribution in [2.75, 3.05) is 31.6 Å². The molecular weight excluding hydrogens is 344 g/mol. The molecule has 0 bridgehead atoms. The van der Waals surface area contributed by atoms with Crippen molar-refractivity contribution in [3.63, 3.8) is 0 Å². The first-order chi connectivity index (χ1) is 10.0. The number of hydrogen-bond donors (Lipinski definition) is 1. The Morgan fingerprint density at radius 1 is 1.24 bits per heavy atom. The molecule has 1 aliphatic rings. The highest BCUT2D eigenvalue weighted by atomic mass is 32.2. The summed E-state index contributed by atoms with van der Waals surface area (Å²) in [4.78, 5) is 13.4. The molecule has 1 aliphatic heterocycles. The molecule has 0 aliphatic carbocycles. The first-order valence-corrected chi connectivity index (χ1v) is 11.2. The molecule has 3 nitrogen and oxygen atoms in total. The third kappa shape index (κ3) is 2.90. The lowest BCUT2D eigenvalue weighted by Crippen LogP contribution is -2.28. The summed E-state index contributed by atoms with van der Waals surface area (Å²) >= 11 is 6.58. The van der Waals surface area contributed by atoms with Crippen molar-refractivity contribution in [1.29, 1.82) is 0 Å². The van der Waals surface area contributed by atoms with Gasteiger partial charge in [0.25, 0.3) is 0 Å². The van der Waals surface area contributed by atoms with Gasteiger partial charge >= 0.3 is 5.97 Å². The van der Waals surface area contributed by atoms with Gasteiger partial charge in [-0.05, 0) is 31.1 Å². The first-order valence-electron chi connectivity index (χ1n) is 6.30. The molecule has 7 heteroatoms. The van der Waals surface area contributed by atoms with Gasteiger partial charge in [0.05, 0.1) is 21.1 Å². The summed E-state index contributed by atoms with van der Waals surface area (Å²) in [5.74, 6) is -0.00840. The smallest absolute Gasteiger partial charge is 0.336 e. The Morgan fingerprint density at radius 3 is 2.38 bits per heavy atom. The summed E-state index contributed by atoms with van der Waals surface area (Å²) in [5, 5.41) is 9.56. The monoisotopic (exact) mass is 362 g/mol. The van der Waals surface area contributed by atoms with E-state index in [4.69, 9.17) is 4.74 Å². The van der Waals surface area contributed by atoms with Crippen LogP contribution in [0.3, 0.4) is 0 Å². The van der Waals surface area contributed by atoms with E-state index in [-0.39, 0.29) is 4.08 Å². The number of ether oxygens (including phenoxy) is 1. The minimum atomic E-state index is -0.876. The van der Waals surface area contributed by atoms with Crippen molar-refractivity contribution in [3.05, 3.63) is 17.2 Å². The largest absolute Gasteiger partial charge is 0.492 e. The molecule has 0 aromatic heterocycles. The average Bonchev–Trinajstić information content (AvgIpc) is 2.52. The third-order valence-electron chi connectivity index (χ3n) is 3.57. The summed E-state index contributed by atoms with van der Waals surface area (Å²) < 4.78 is 5.79. The normalized spacial score (nSPS) is 16.2. The van der Waals surface area contributed by atoms with Crippen LogP contribution in [0.1, 0.15) is 22.3 Å². The Balaban J connectivity index is 2.84. The summed E-state index contributed by atoms with van der Waals surface area (Å²) in [5.41, 5.74) is 1.43. The maximum Gasteiger partial charge on any atom is 0.336 e. The molecule has 0 radical (unpaired) electrons. The van der Waals surface area contributed by atoms with Crippen molar-refractivity contribution < 1.29 is 14.6 Å². The zero-order valence-electron chi connectivity index (χ0n) is 12.4. The fourth-order valence-corrected chi connectivity index (χ4v) is 6.13. The predicted molar refractivity (Wildman–Crippen MR) is 95.8 cm³/mol. The first kappa shape index (κ1) is 17.2. The van der Waals surface area contributed by atoms with Crippen LogP contribution in [-0.2, 0) is 4.08 Å². The molecule has 0 unspecified atom stereocenters. The summed E-state index contributed by atoms with van der Waals surface area (Å²) in [7, 11) is 0. The highest BCUT2D eigenvalue weighted by molar-refractivity contribution is 8.17. The number of carboxylic acids is 1. The van der Waals surface area contributed by atoms with Crippen LogP contribution in [0.15, 0.2) is 15.9 Å². The minimum absolute atomic E-state index is 0.137. The number of carboxylic acid groups (broad SMARTS) is 1. The number of fused-ring (bicyclic) bond motifs is 1. The quantitative estimate of drug-likeness (QED) is 0.611. The van der Waals surface area contributed by atoms with E-state index in [2.05, 4.69) is 12.5 Å². The molecule has 0 saturated heterocycles. The highest BCUT2D eigenvalue weighted by Gasteiger charge is 2.41. The van der Waals surface area contributed by atoms with Crippen LogP contribution in [0, 0.1) is 0 Å². The summed E-state index contributed by atoms with van der Waals surface area (Å²) in [6, 6.07) is 1.74. The molecule has 0 atom stereocenters. The van der Waals surface area contributed by atoms with Gasteiger partial charge in [-0.2, -0.15) is 0 Å². The second-order valence-corrected chi connectivity index (χ2v) is 8.56. The van der Waals surface area contributed by atoms with E-state index in [1.165, 1.54) is 23.5 Å². The van der Waals surface area contributed by atoms with E-state index in [1.54, 1.807) is 29.6 Å². The van der Waals surface area contributed by atoms with Gasteiger partial charge in [0.15, 0.2) is 0 Å². The van der Waals surface area contributed by atoms with E-state index in [0.29, 0.717) is 12.2 Å². The van der Waals surface area contributed by atoms with Crippen LogP contribution in [-0.4, -0.2) is 42.7 Å². The zero-order chi connectivity index (χ0) is 15.6. The van der Waals surface area contributed by atoms with Crippen molar-refractivity contribution >= 4 is 53.0 Å². The van der Waals surface area contributed by atoms with Crippen molar-refractivity contribution in [1.82, 2.24) is 0 Å². The number of hydrogen-bond acceptors (Lipinski definition) is 6. The lowest BCUT2D eigenvalue weighted by atomic mass is 10.0. The van der Waals surface area contributed by atoms with Crippen molar-refractivity contribution in [2.45, 2.75) is 20.3 Å². The van der Waals surface area contributed by atoms with E-state index in [9.17, 15) is 9.90 Å². The van der Waals surface area contributed by atoms with Crippen LogP contribution >= 0.6 is 47.0 Å². The topological polar surface area (TPSA) is 46.5 Å². The molecule has 0 amide bonds. The minimum Gasteiger partial charge on any atom is -0.492 e. The molecule has 1 aromatic rings. The summed E-state index contributed by atoms with van der Waals surface area (Å²) in [6.07, 6.45) is 8.94. The molecule has 1 heterocycles. The number of carbonyl (C=O) groups is 1. The van der Waals surface area contributed by atoms with Gasteiger partial charge in [0, 0.05) is 16.9 Å². The standard InChI is InChI=1S/C14H18O3S4/c1-18-9-7-8(13(15)16)12(19-2)10-11(9)17-6-5-14(10,20-3)21-4/h7H,5-6H2,1-4H3,(H,15,16). The van der Waals surface area contributed by atoms with Crippen molar-refractivity contribution in [3.8, 4) is 5.75 Å². The number of benzene rings is 1. The maximum absolute atomic E-state index is 11.6. The fourth-order valence-electron chi connectivity index (χ4n) is 2.54. The average molecular weight is 363 g/mol. The number of aromatic carboxylic acids is 1. The molecule has 0 spiro atoms. The lowest BCUT2D eigenvalue weighted by molar-refractivity contribution is 0.0692. The van der Waals surface area contributed by atoms with Gasteiger partial charge in [0.1, 0.15) is 5.75 Å². The van der Waals surface area contributed by atoms with Gasteiger partial charge in [-0.15, -0.1) is 47.0 Å². The van der Waals surface area contributed by atoms with Gasteiger partial charge in [-0.3, -0.25) is 0 Å². The molecule has 1 aromatic carbocycles. The van der Waals surface area contributed by atoms with Gasteiger partial charge in [0.2, 0.25) is 0 Å². The Kier molecular flexibility index (Phi) is 5.73. The van der Waals surface area contributed by atoms with Crippen LogP contribution in [0.4, 0.5) is 0 Å². The lowest BCUT2D eigenvalue weighted by Gasteiger charge is -2.38. The Morgan fingerprint density at radius 2 is 1.90 bits per heavy atom. The Labute approximate surface area is 142 Å².